The van der Waals surface area contributed by atoms with E-state index in [1.165, 1.54) is 16.4 Å². The summed E-state index contributed by atoms with van der Waals surface area (Å²) in [6.45, 7) is -0.00224. The number of nitrogens with zero attached hydrogens (tertiary/aromatic N) is 1. The minimum absolute atomic E-state index is 0.00224. The maximum absolute atomic E-state index is 12.8. The van der Waals surface area contributed by atoms with Crippen LogP contribution in [0, 0.1) is 0 Å². The van der Waals surface area contributed by atoms with Crippen LogP contribution in [0.2, 0.25) is 0 Å². The molecule has 0 fully saturated rings. The molecular weight excluding hydrogens is 368 g/mol. The Morgan fingerprint density at radius 3 is 2.18 bits per heavy atom. The van der Waals surface area contributed by atoms with Gasteiger partial charge >= 0.3 is 0 Å². The summed E-state index contributed by atoms with van der Waals surface area (Å²) < 4.78 is 27.6. The maximum atomic E-state index is 12.8. The molecule has 7 heteroatoms. The number of amides is 1. The Kier molecular flexibility index (Phi) is 5.20. The lowest BCUT2D eigenvalue weighted by atomic mass is 10.3. The van der Waals surface area contributed by atoms with Gasteiger partial charge in [0.2, 0.25) is 5.91 Å². The van der Waals surface area contributed by atoms with Crippen LogP contribution >= 0.6 is 15.9 Å². The van der Waals surface area contributed by atoms with Crippen LogP contribution < -0.4 is 10.0 Å². The number of hydrogen-bond donors (Lipinski definition) is 1. The van der Waals surface area contributed by atoms with Crippen molar-refractivity contribution >= 4 is 37.5 Å². The quantitative estimate of drug-likeness (QED) is 0.833. The Labute approximate surface area is 137 Å². The van der Waals surface area contributed by atoms with E-state index in [1.54, 1.807) is 42.5 Å². The molecule has 2 aromatic rings. The summed E-state index contributed by atoms with van der Waals surface area (Å²) in [5, 5.41) is 0. The first-order valence-corrected chi connectivity index (χ1v) is 8.76. The van der Waals surface area contributed by atoms with Crippen molar-refractivity contribution in [2.75, 3.05) is 10.8 Å². The van der Waals surface area contributed by atoms with E-state index in [4.69, 9.17) is 5.73 Å². The smallest absolute Gasteiger partial charge is 0.264 e. The highest BCUT2D eigenvalue weighted by atomic mass is 79.9. The van der Waals surface area contributed by atoms with E-state index in [-0.39, 0.29) is 17.9 Å². The van der Waals surface area contributed by atoms with E-state index < -0.39 is 15.9 Å². The van der Waals surface area contributed by atoms with Crippen LogP contribution in [-0.4, -0.2) is 20.9 Å². The molecular formula is C15H15BrN2O3S. The van der Waals surface area contributed by atoms with Crippen molar-refractivity contribution in [2.24, 2.45) is 5.73 Å². The van der Waals surface area contributed by atoms with Crippen LogP contribution in [-0.2, 0) is 14.8 Å². The molecule has 1 amide bonds. The molecule has 0 aromatic heterocycles. The van der Waals surface area contributed by atoms with Crippen molar-refractivity contribution in [1.82, 2.24) is 0 Å². The Morgan fingerprint density at radius 1 is 1.05 bits per heavy atom. The van der Waals surface area contributed by atoms with Crippen LogP contribution in [0.3, 0.4) is 0 Å². The number of carbonyl (C=O) groups excluding carboxylic acids is 1. The highest BCUT2D eigenvalue weighted by molar-refractivity contribution is 9.10. The largest absolute Gasteiger partial charge is 0.370 e. The van der Waals surface area contributed by atoms with E-state index in [1.807, 2.05) is 0 Å². The predicted octanol–water partition coefficient (Wildman–Crippen LogP) is 2.52. The van der Waals surface area contributed by atoms with Gasteiger partial charge in [-0.15, -0.1) is 0 Å². The van der Waals surface area contributed by atoms with E-state index >= 15 is 0 Å². The van der Waals surface area contributed by atoms with Gasteiger partial charge < -0.3 is 5.73 Å². The Bertz CT molecular complexity index is 746. The lowest BCUT2D eigenvalue weighted by Crippen LogP contribution is -2.34. The van der Waals surface area contributed by atoms with E-state index in [2.05, 4.69) is 15.9 Å². The van der Waals surface area contributed by atoms with Crippen molar-refractivity contribution < 1.29 is 13.2 Å². The lowest BCUT2D eigenvalue weighted by Gasteiger charge is -2.24. The monoisotopic (exact) mass is 382 g/mol. The zero-order valence-electron chi connectivity index (χ0n) is 11.6. The SMILES string of the molecule is NC(=O)CCN(c1ccccc1)S(=O)(=O)c1ccc(Br)cc1. The van der Waals surface area contributed by atoms with Gasteiger partial charge in [0.25, 0.3) is 10.0 Å². The molecule has 2 aromatic carbocycles. The molecule has 0 radical (unpaired) electrons. The number of hydrogen-bond acceptors (Lipinski definition) is 3. The average Bonchev–Trinajstić information content (AvgIpc) is 2.48. The van der Waals surface area contributed by atoms with E-state index in [0.29, 0.717) is 5.69 Å². The van der Waals surface area contributed by atoms with Crippen LogP contribution in [0.25, 0.3) is 0 Å². The summed E-state index contributed by atoms with van der Waals surface area (Å²) in [5.74, 6) is -0.549. The van der Waals surface area contributed by atoms with Crippen molar-refractivity contribution in [2.45, 2.75) is 11.3 Å². The second-order valence-electron chi connectivity index (χ2n) is 4.58. The minimum atomic E-state index is -3.76. The highest BCUT2D eigenvalue weighted by Gasteiger charge is 2.25. The molecule has 2 N–H and O–H groups in total. The maximum Gasteiger partial charge on any atom is 0.264 e. The highest BCUT2D eigenvalue weighted by Crippen LogP contribution is 2.24. The molecule has 2 rings (SSSR count). The molecule has 0 heterocycles. The number of carbonyl (C=O) groups is 1. The Hall–Kier alpha value is -1.86. The summed E-state index contributed by atoms with van der Waals surface area (Å²) in [4.78, 5) is 11.2. The number of rotatable bonds is 6. The van der Waals surface area contributed by atoms with Crippen LogP contribution in [0.1, 0.15) is 6.42 Å². The van der Waals surface area contributed by atoms with E-state index in [9.17, 15) is 13.2 Å². The van der Waals surface area contributed by atoms with E-state index in [0.717, 1.165) is 4.47 Å². The van der Waals surface area contributed by atoms with Crippen LogP contribution in [0.15, 0.2) is 64.0 Å². The third-order valence-electron chi connectivity index (χ3n) is 3.01. The first kappa shape index (κ1) is 16.5. The molecule has 0 saturated carbocycles. The third kappa shape index (κ3) is 3.86. The zero-order valence-corrected chi connectivity index (χ0v) is 14.0. The van der Waals surface area contributed by atoms with Gasteiger partial charge in [-0.3, -0.25) is 9.10 Å². The molecule has 0 aliphatic rings. The number of benzene rings is 2. The normalized spacial score (nSPS) is 11.1. The average molecular weight is 383 g/mol. The van der Waals surface area contributed by atoms with Gasteiger partial charge in [0.1, 0.15) is 0 Å². The molecule has 116 valence electrons. The summed E-state index contributed by atoms with van der Waals surface area (Å²) in [6, 6.07) is 15.0. The Balaban J connectivity index is 2.43. The van der Waals surface area contributed by atoms with Gasteiger partial charge in [-0.2, -0.15) is 0 Å². The topological polar surface area (TPSA) is 80.5 Å². The van der Waals surface area contributed by atoms with Crippen LogP contribution in [0.5, 0.6) is 0 Å². The summed E-state index contributed by atoms with van der Waals surface area (Å²) in [5.41, 5.74) is 5.65. The molecule has 0 aliphatic heterocycles. The van der Waals surface area contributed by atoms with Gasteiger partial charge in [-0.05, 0) is 36.4 Å². The molecule has 0 bridgehead atoms. The van der Waals surface area contributed by atoms with Gasteiger partial charge in [-0.1, -0.05) is 34.1 Å². The van der Waals surface area contributed by atoms with Crippen LogP contribution in [0.4, 0.5) is 5.69 Å². The summed E-state index contributed by atoms with van der Waals surface area (Å²) in [7, 11) is -3.76. The van der Waals surface area contributed by atoms with Gasteiger partial charge in [0.05, 0.1) is 10.6 Å². The molecule has 0 spiro atoms. The van der Waals surface area contributed by atoms with Gasteiger partial charge in [-0.25, -0.2) is 8.42 Å². The molecule has 0 atom stereocenters. The number of primary amides is 1. The minimum Gasteiger partial charge on any atom is -0.370 e. The first-order valence-electron chi connectivity index (χ1n) is 6.53. The second kappa shape index (κ2) is 6.93. The number of para-hydroxylation sites is 1. The number of nitrogens with two attached hydrogens (primary N) is 1. The number of halogens is 1. The lowest BCUT2D eigenvalue weighted by molar-refractivity contribution is -0.117. The molecule has 0 unspecified atom stereocenters. The number of anilines is 1. The fourth-order valence-electron chi connectivity index (χ4n) is 1.93. The molecule has 0 saturated heterocycles. The Morgan fingerprint density at radius 2 is 1.64 bits per heavy atom. The van der Waals surface area contributed by atoms with Gasteiger partial charge in [0.15, 0.2) is 0 Å². The van der Waals surface area contributed by atoms with Crippen molar-refractivity contribution in [3.05, 3.63) is 59.1 Å². The van der Waals surface area contributed by atoms with Crippen molar-refractivity contribution in [1.29, 1.82) is 0 Å². The molecule has 5 nitrogen and oxygen atoms in total. The van der Waals surface area contributed by atoms with Crippen molar-refractivity contribution in [3.63, 3.8) is 0 Å². The first-order chi connectivity index (χ1) is 10.4. The zero-order chi connectivity index (χ0) is 16.2. The second-order valence-corrected chi connectivity index (χ2v) is 7.36. The van der Waals surface area contributed by atoms with Gasteiger partial charge in [0, 0.05) is 17.4 Å². The third-order valence-corrected chi connectivity index (χ3v) is 5.38. The predicted molar refractivity (Wildman–Crippen MR) is 88.9 cm³/mol. The summed E-state index contributed by atoms with van der Waals surface area (Å²) >= 11 is 3.27. The van der Waals surface area contributed by atoms with Crippen molar-refractivity contribution in [3.8, 4) is 0 Å². The standard InChI is InChI=1S/C15H15BrN2O3S/c16-12-6-8-14(9-7-12)22(20,21)18(11-10-15(17)19)13-4-2-1-3-5-13/h1-9H,10-11H2,(H2,17,19). The number of sulfonamides is 1. The molecule has 0 aliphatic carbocycles. The molecule has 22 heavy (non-hydrogen) atoms. The fourth-order valence-corrected chi connectivity index (χ4v) is 3.66. The summed E-state index contributed by atoms with van der Waals surface area (Å²) in [6.07, 6.45) is -0.0509. The fraction of sp³-hybridized carbons (Fsp3) is 0.133.